The maximum absolute atomic E-state index is 14.3. The first-order valence-electron chi connectivity index (χ1n) is 18.1. The molecule has 20 nitrogen and oxygen atoms in total. The van der Waals surface area contributed by atoms with Gasteiger partial charge in [0, 0.05) is 42.5 Å². The number of aliphatic hydroxyl groups is 5. The Kier molecular flexibility index (Phi) is 13.3. The van der Waals surface area contributed by atoms with Crippen molar-refractivity contribution in [1.29, 1.82) is 0 Å². The topological polar surface area (TPSA) is 312 Å². The Balaban J connectivity index is 1.69. The van der Waals surface area contributed by atoms with Crippen molar-refractivity contribution in [1.82, 2.24) is 41.8 Å². The molecule has 1 saturated heterocycles. The summed E-state index contributed by atoms with van der Waals surface area (Å²) in [4.78, 5) is 101. The summed E-state index contributed by atoms with van der Waals surface area (Å²) in [7, 11) is 0. The molecular weight excluding hydrogens is 756 g/mol. The second-order valence-electron chi connectivity index (χ2n) is 14.5. The van der Waals surface area contributed by atoms with E-state index in [2.05, 4.69) is 36.9 Å². The van der Waals surface area contributed by atoms with Gasteiger partial charge in [-0.05, 0) is 32.4 Å². The molecule has 306 valence electrons. The fourth-order valence-electron chi connectivity index (χ4n) is 6.80. The van der Waals surface area contributed by atoms with Gasteiger partial charge in [-0.25, -0.2) is 0 Å². The highest BCUT2D eigenvalue weighted by Crippen LogP contribution is 2.32. The maximum Gasteiger partial charge on any atom is 0.246 e. The molecule has 0 unspecified atom stereocenters. The van der Waals surface area contributed by atoms with Crippen molar-refractivity contribution in [3.05, 3.63) is 29.8 Å². The fourth-order valence-corrected chi connectivity index (χ4v) is 7.91. The molecule has 2 bridgehead atoms. The number of nitrogens with one attached hydrogen (secondary N) is 7. The smallest absolute Gasteiger partial charge is 0.246 e. The van der Waals surface area contributed by atoms with Crippen molar-refractivity contribution in [3.8, 4) is 0 Å². The van der Waals surface area contributed by atoms with Gasteiger partial charge in [-0.15, -0.1) is 11.8 Å². The Labute approximate surface area is 324 Å². The maximum atomic E-state index is 14.3. The third-order valence-electron chi connectivity index (χ3n) is 10.1. The van der Waals surface area contributed by atoms with Gasteiger partial charge in [-0.3, -0.25) is 33.6 Å². The van der Waals surface area contributed by atoms with Gasteiger partial charge in [0.15, 0.2) is 0 Å². The van der Waals surface area contributed by atoms with E-state index in [1.54, 1.807) is 24.3 Å². The summed E-state index contributed by atoms with van der Waals surface area (Å²) in [5.74, 6) is -6.60. The van der Waals surface area contributed by atoms with E-state index in [-0.39, 0.29) is 25.1 Å². The summed E-state index contributed by atoms with van der Waals surface area (Å²) in [5.41, 5.74) is -1.21. The summed E-state index contributed by atoms with van der Waals surface area (Å²) in [6, 6.07) is -3.33. The number of hydrogen-bond donors (Lipinski definition) is 12. The molecule has 0 aliphatic carbocycles. The first kappa shape index (κ1) is 42.3. The number of rotatable bonds is 5. The van der Waals surface area contributed by atoms with Gasteiger partial charge in [0.1, 0.15) is 47.9 Å². The van der Waals surface area contributed by atoms with Crippen LogP contribution in [0.15, 0.2) is 29.3 Å². The molecular formula is C35H48N8O12S. The van der Waals surface area contributed by atoms with Gasteiger partial charge < -0.3 is 67.3 Å². The van der Waals surface area contributed by atoms with E-state index in [1.165, 1.54) is 20.8 Å². The third-order valence-corrected chi connectivity index (χ3v) is 11.2. The molecule has 21 heteroatoms. The highest BCUT2D eigenvalue weighted by Gasteiger charge is 2.44. The molecule has 12 N–H and O–H groups in total. The molecule has 7 amide bonds. The number of H-pyrrole nitrogens is 1. The van der Waals surface area contributed by atoms with Gasteiger partial charge in [0.2, 0.25) is 41.4 Å². The molecule has 0 saturated carbocycles. The molecule has 1 aromatic heterocycles. The van der Waals surface area contributed by atoms with E-state index in [1.807, 2.05) is 0 Å². The molecule has 4 heterocycles. The summed E-state index contributed by atoms with van der Waals surface area (Å²) in [5, 5.41) is 67.8. The number of carbonyl (C=O) groups excluding carboxylic acids is 7. The van der Waals surface area contributed by atoms with E-state index in [0.717, 1.165) is 16.7 Å². The number of para-hydroxylation sites is 1. The van der Waals surface area contributed by atoms with Crippen molar-refractivity contribution in [2.45, 2.75) is 105 Å². The molecule has 1 aromatic carbocycles. The Bertz CT molecular complexity index is 1850. The standard InChI is InChI=1S/C35H48N8O12S/c1-15-27(48)38-22-9-20-19-6-4-5-7-21(19)41-33(20)56-12-24(34(54)43-11-18(47)8-25(43)31(52)37-15)40-32(53)26(17(3)46)42-28(49)16(2)36-30(51)23(39-29(22)50)10-35(55,13-44)14-45/h4-7,15-18,22-26,41,44-47,55H,8-14H2,1-3H3,(H,36,51)(H,37,52)(H,38,48)(H,39,50)(H,40,53)(H,42,49)/t15-,16-,17-,18+,22-,23-,24-,25-,26+/m0/s1. The van der Waals surface area contributed by atoms with E-state index in [0.29, 0.717) is 21.5 Å². The summed E-state index contributed by atoms with van der Waals surface area (Å²) >= 11 is 1.06. The van der Waals surface area contributed by atoms with Crippen LogP contribution in [0.5, 0.6) is 0 Å². The lowest BCUT2D eigenvalue weighted by Gasteiger charge is -2.31. The second-order valence-corrected chi connectivity index (χ2v) is 15.5. The number of carbonyl (C=O) groups is 7. The van der Waals surface area contributed by atoms with E-state index < -0.39 is 121 Å². The average molecular weight is 805 g/mol. The van der Waals surface area contributed by atoms with Gasteiger partial charge >= 0.3 is 0 Å². The second kappa shape index (κ2) is 17.6. The SMILES string of the molecule is C[C@@H]1NC(=O)[C@H](CC(O)(CO)CO)NC(=O)[C@@H]2Cc3c([nH]c4ccccc34)SC[C@H](NC(=O)[C@@H]([C@H](C)O)NC1=O)C(=O)N1C[C@H](O)C[C@H]1C(=O)N[C@@H](C)C(=O)N2. The zero-order valence-electron chi connectivity index (χ0n) is 30.9. The predicted octanol–water partition coefficient (Wildman–Crippen LogP) is -4.77. The van der Waals surface area contributed by atoms with Crippen LogP contribution < -0.4 is 31.9 Å². The number of nitrogens with zero attached hydrogens (tertiary/aromatic N) is 1. The zero-order chi connectivity index (χ0) is 41.1. The minimum Gasteiger partial charge on any atom is -0.393 e. The van der Waals surface area contributed by atoms with Crippen LogP contribution in [0.3, 0.4) is 0 Å². The van der Waals surface area contributed by atoms with Crippen molar-refractivity contribution < 1.29 is 59.1 Å². The number of aromatic amines is 1. The molecule has 2 aromatic rings. The zero-order valence-corrected chi connectivity index (χ0v) is 31.7. The summed E-state index contributed by atoms with van der Waals surface area (Å²) in [6.07, 6.45) is -3.87. The predicted molar refractivity (Wildman–Crippen MR) is 197 cm³/mol. The number of hydrogen-bond acceptors (Lipinski definition) is 13. The Morgan fingerprint density at radius 1 is 0.821 bits per heavy atom. The largest absolute Gasteiger partial charge is 0.393 e. The summed E-state index contributed by atoms with van der Waals surface area (Å²) < 4.78 is 0. The molecule has 1 fully saturated rings. The van der Waals surface area contributed by atoms with Crippen molar-refractivity contribution in [2.24, 2.45) is 0 Å². The van der Waals surface area contributed by atoms with Crippen LogP contribution in [0, 0.1) is 0 Å². The van der Waals surface area contributed by atoms with E-state index in [4.69, 9.17) is 0 Å². The van der Waals surface area contributed by atoms with Crippen LogP contribution in [-0.4, -0.2) is 162 Å². The monoisotopic (exact) mass is 804 g/mol. The molecule has 3 aliphatic heterocycles. The molecule has 56 heavy (non-hydrogen) atoms. The number of aliphatic hydroxyl groups excluding tert-OH is 4. The molecule has 5 rings (SSSR count). The quantitative estimate of drug-likeness (QED) is 0.135. The summed E-state index contributed by atoms with van der Waals surface area (Å²) in [6.45, 7) is 1.43. The fraction of sp³-hybridized carbons (Fsp3) is 0.571. The van der Waals surface area contributed by atoms with Crippen LogP contribution >= 0.6 is 11.8 Å². The Hall–Kier alpha value is -4.80. The van der Waals surface area contributed by atoms with Crippen LogP contribution in [0.4, 0.5) is 0 Å². The first-order chi connectivity index (χ1) is 26.4. The number of aromatic nitrogens is 1. The highest BCUT2D eigenvalue weighted by molar-refractivity contribution is 7.99. The van der Waals surface area contributed by atoms with Crippen molar-refractivity contribution >= 4 is 64.0 Å². The van der Waals surface area contributed by atoms with Gasteiger partial charge in [-0.2, -0.15) is 0 Å². The molecule has 0 spiro atoms. The normalized spacial score (nSPS) is 29.6. The Morgan fingerprint density at radius 2 is 1.45 bits per heavy atom. The van der Waals surface area contributed by atoms with Crippen LogP contribution in [0.25, 0.3) is 10.9 Å². The lowest BCUT2D eigenvalue weighted by atomic mass is 9.95. The minimum atomic E-state index is -2.30. The van der Waals surface area contributed by atoms with E-state index >= 15 is 0 Å². The van der Waals surface area contributed by atoms with Gasteiger partial charge in [0.05, 0.1) is 30.4 Å². The third kappa shape index (κ3) is 9.41. The molecule has 3 aliphatic rings. The highest BCUT2D eigenvalue weighted by atomic mass is 32.2. The lowest BCUT2D eigenvalue weighted by molar-refractivity contribution is -0.142. The van der Waals surface area contributed by atoms with Crippen LogP contribution in [0.1, 0.15) is 39.2 Å². The van der Waals surface area contributed by atoms with Crippen molar-refractivity contribution in [2.75, 3.05) is 25.5 Å². The average Bonchev–Trinajstić information content (AvgIpc) is 3.73. The van der Waals surface area contributed by atoms with Crippen LogP contribution in [0.2, 0.25) is 0 Å². The number of benzene rings is 1. The molecule has 0 radical (unpaired) electrons. The first-order valence-corrected chi connectivity index (χ1v) is 19.1. The van der Waals surface area contributed by atoms with Gasteiger partial charge in [0.25, 0.3) is 0 Å². The Morgan fingerprint density at radius 3 is 2.11 bits per heavy atom. The van der Waals surface area contributed by atoms with Gasteiger partial charge in [-0.1, -0.05) is 18.2 Å². The number of fused-ring (bicyclic) bond motifs is 5. The van der Waals surface area contributed by atoms with Crippen LogP contribution in [-0.2, 0) is 40.0 Å². The number of amides is 7. The number of thioether (sulfide) groups is 1. The minimum absolute atomic E-state index is 0.194. The lowest BCUT2D eigenvalue weighted by Crippen LogP contribution is -2.62. The van der Waals surface area contributed by atoms with Crippen molar-refractivity contribution in [3.63, 3.8) is 0 Å². The van der Waals surface area contributed by atoms with E-state index in [9.17, 15) is 59.1 Å². The molecule has 9 atom stereocenters.